The van der Waals surface area contributed by atoms with E-state index < -0.39 is 5.97 Å². The molecule has 2 aromatic rings. The number of anilines is 2. The lowest BCUT2D eigenvalue weighted by molar-refractivity contribution is -0.133. The molecule has 0 bridgehead atoms. The maximum Gasteiger partial charge on any atom is 0.313 e. The Bertz CT molecular complexity index is 913. The summed E-state index contributed by atoms with van der Waals surface area (Å²) in [6.45, 7) is 5.42. The SMILES string of the molecule is CCCCC1(CC)CN(c2ccccc2)c2cc(OCCO)c(CSCC(=O)O)cc2SN1. The number of rotatable bonds is 12. The minimum Gasteiger partial charge on any atom is -0.491 e. The Morgan fingerprint density at radius 2 is 2.06 bits per heavy atom. The number of benzene rings is 2. The molecule has 0 spiro atoms. The summed E-state index contributed by atoms with van der Waals surface area (Å²) in [4.78, 5) is 14.5. The number of carboxylic acid groups (broad SMARTS) is 1. The third-order valence-corrected chi connectivity index (χ3v) is 7.90. The zero-order valence-corrected chi connectivity index (χ0v) is 21.0. The fourth-order valence-electron chi connectivity index (χ4n) is 3.96. The summed E-state index contributed by atoms with van der Waals surface area (Å²) >= 11 is 3.00. The first-order valence-electron chi connectivity index (χ1n) is 11.5. The molecule has 3 rings (SSSR count). The van der Waals surface area contributed by atoms with Crippen molar-refractivity contribution in [3.05, 3.63) is 48.0 Å². The number of carbonyl (C=O) groups is 1. The van der Waals surface area contributed by atoms with Gasteiger partial charge in [0.2, 0.25) is 0 Å². The smallest absolute Gasteiger partial charge is 0.313 e. The van der Waals surface area contributed by atoms with Crippen molar-refractivity contribution < 1.29 is 19.7 Å². The van der Waals surface area contributed by atoms with Crippen molar-refractivity contribution in [2.75, 3.05) is 30.4 Å². The van der Waals surface area contributed by atoms with E-state index in [0.717, 1.165) is 54.1 Å². The standard InChI is InChI=1S/C25H34N2O4S2/c1-3-5-11-25(4-2)18-27(20-9-7-6-8-10-20)21-15-22(31-13-12-28)19(14-23(21)33-26-25)16-32-17-24(29)30/h6-10,14-15,26,28H,3-5,11-13,16-18H2,1-2H3,(H,29,30). The van der Waals surface area contributed by atoms with Crippen LogP contribution >= 0.6 is 23.7 Å². The highest BCUT2D eigenvalue weighted by Crippen LogP contribution is 2.44. The number of carboxylic acids is 1. The molecule has 33 heavy (non-hydrogen) atoms. The number of hydrogen-bond donors (Lipinski definition) is 3. The lowest BCUT2D eigenvalue weighted by atomic mass is 9.89. The van der Waals surface area contributed by atoms with Crippen LogP contribution < -0.4 is 14.4 Å². The highest BCUT2D eigenvalue weighted by molar-refractivity contribution is 7.99. The summed E-state index contributed by atoms with van der Waals surface area (Å²) < 4.78 is 9.70. The molecule has 3 N–H and O–H groups in total. The second kappa shape index (κ2) is 12.6. The summed E-state index contributed by atoms with van der Waals surface area (Å²) in [6.07, 6.45) is 4.39. The second-order valence-electron chi connectivity index (χ2n) is 8.25. The van der Waals surface area contributed by atoms with Crippen molar-refractivity contribution in [1.29, 1.82) is 0 Å². The van der Waals surface area contributed by atoms with Gasteiger partial charge in [-0.05, 0) is 43.0 Å². The van der Waals surface area contributed by atoms with E-state index in [1.54, 1.807) is 11.9 Å². The van der Waals surface area contributed by atoms with Gasteiger partial charge in [0.1, 0.15) is 12.4 Å². The van der Waals surface area contributed by atoms with Crippen LogP contribution in [0.25, 0.3) is 0 Å². The van der Waals surface area contributed by atoms with Crippen LogP contribution in [0.15, 0.2) is 47.4 Å². The number of aliphatic carboxylic acids is 1. The maximum atomic E-state index is 11.0. The van der Waals surface area contributed by atoms with Gasteiger partial charge in [0.05, 0.1) is 18.0 Å². The molecule has 0 saturated heterocycles. The largest absolute Gasteiger partial charge is 0.491 e. The first-order valence-corrected chi connectivity index (χ1v) is 13.5. The van der Waals surface area contributed by atoms with E-state index in [4.69, 9.17) is 9.84 Å². The molecule has 1 unspecified atom stereocenters. The third kappa shape index (κ3) is 6.82. The zero-order chi connectivity index (χ0) is 23.7. The Hall–Kier alpha value is -1.87. The monoisotopic (exact) mass is 490 g/mol. The number of fused-ring (bicyclic) bond motifs is 1. The van der Waals surface area contributed by atoms with Crippen molar-refractivity contribution in [1.82, 2.24) is 4.72 Å². The molecular weight excluding hydrogens is 456 g/mol. The van der Waals surface area contributed by atoms with Gasteiger partial charge < -0.3 is 19.8 Å². The molecule has 6 nitrogen and oxygen atoms in total. The van der Waals surface area contributed by atoms with Crippen LogP contribution in [-0.2, 0) is 10.5 Å². The minimum atomic E-state index is -0.831. The zero-order valence-electron chi connectivity index (χ0n) is 19.4. The molecule has 0 radical (unpaired) electrons. The van der Waals surface area contributed by atoms with Crippen LogP contribution in [0, 0.1) is 0 Å². The van der Waals surface area contributed by atoms with Crippen LogP contribution in [-0.4, -0.2) is 47.2 Å². The van der Waals surface area contributed by atoms with E-state index in [9.17, 15) is 9.90 Å². The number of aliphatic hydroxyl groups excluding tert-OH is 1. The number of nitrogens with one attached hydrogen (secondary N) is 1. The van der Waals surface area contributed by atoms with Crippen molar-refractivity contribution >= 4 is 41.1 Å². The molecule has 0 saturated carbocycles. The van der Waals surface area contributed by atoms with Crippen LogP contribution in [0.3, 0.4) is 0 Å². The van der Waals surface area contributed by atoms with E-state index in [1.807, 2.05) is 6.07 Å². The van der Waals surface area contributed by atoms with Crippen molar-refractivity contribution in [2.24, 2.45) is 0 Å². The fourth-order valence-corrected chi connectivity index (χ4v) is 5.80. The predicted octanol–water partition coefficient (Wildman–Crippen LogP) is 5.46. The molecule has 8 heteroatoms. The third-order valence-electron chi connectivity index (χ3n) is 5.86. The Labute approximate surface area is 205 Å². The number of unbranched alkanes of at least 4 members (excludes halogenated alkanes) is 1. The summed E-state index contributed by atoms with van der Waals surface area (Å²) in [5, 5.41) is 18.4. The molecule has 0 aromatic heterocycles. The average Bonchev–Trinajstić information content (AvgIpc) is 2.99. The quantitative estimate of drug-likeness (QED) is 0.338. The van der Waals surface area contributed by atoms with Gasteiger partial charge in [0.15, 0.2) is 0 Å². The van der Waals surface area contributed by atoms with Crippen molar-refractivity contribution in [3.63, 3.8) is 0 Å². The summed E-state index contributed by atoms with van der Waals surface area (Å²) in [5.74, 6) is 0.428. The molecule has 0 aliphatic carbocycles. The van der Waals surface area contributed by atoms with Crippen molar-refractivity contribution in [2.45, 2.75) is 55.7 Å². The van der Waals surface area contributed by atoms with Gasteiger partial charge in [0, 0.05) is 40.0 Å². The molecular formula is C25H34N2O4S2. The molecule has 1 aliphatic heterocycles. The first-order chi connectivity index (χ1) is 16.0. The van der Waals surface area contributed by atoms with Gasteiger partial charge in [-0.15, -0.1) is 11.8 Å². The summed E-state index contributed by atoms with van der Waals surface area (Å²) in [5.41, 5.74) is 3.08. The number of ether oxygens (including phenoxy) is 1. The van der Waals surface area contributed by atoms with Crippen LogP contribution in [0.5, 0.6) is 5.75 Å². The fraction of sp³-hybridized carbons (Fsp3) is 0.480. The number of para-hydroxylation sites is 1. The molecule has 1 aliphatic rings. The number of aliphatic hydroxyl groups is 1. The lowest BCUT2D eigenvalue weighted by Crippen LogP contribution is -2.48. The van der Waals surface area contributed by atoms with E-state index in [2.05, 4.69) is 59.9 Å². The minimum absolute atomic E-state index is 0.0357. The van der Waals surface area contributed by atoms with Crippen LogP contribution in [0.4, 0.5) is 11.4 Å². The summed E-state index contributed by atoms with van der Waals surface area (Å²) in [6, 6.07) is 14.6. The molecule has 2 aromatic carbocycles. The second-order valence-corrected chi connectivity index (χ2v) is 10.1. The highest BCUT2D eigenvalue weighted by atomic mass is 32.2. The topological polar surface area (TPSA) is 82.0 Å². The molecule has 180 valence electrons. The summed E-state index contributed by atoms with van der Waals surface area (Å²) in [7, 11) is 0. The molecule has 0 amide bonds. The van der Waals surface area contributed by atoms with Gasteiger partial charge in [-0.3, -0.25) is 9.52 Å². The Balaban J connectivity index is 2.05. The lowest BCUT2D eigenvalue weighted by Gasteiger charge is -2.37. The van der Waals surface area contributed by atoms with E-state index >= 15 is 0 Å². The Morgan fingerprint density at radius 3 is 2.73 bits per heavy atom. The van der Waals surface area contributed by atoms with Crippen LogP contribution in [0.1, 0.15) is 45.1 Å². The number of nitrogens with zero attached hydrogens (tertiary/aromatic N) is 1. The predicted molar refractivity (Wildman–Crippen MR) is 138 cm³/mol. The Kier molecular flexibility index (Phi) is 9.79. The van der Waals surface area contributed by atoms with E-state index in [0.29, 0.717) is 11.5 Å². The van der Waals surface area contributed by atoms with Crippen molar-refractivity contribution in [3.8, 4) is 5.75 Å². The van der Waals surface area contributed by atoms with Gasteiger partial charge in [0.25, 0.3) is 0 Å². The first kappa shape index (κ1) is 25.7. The number of thioether (sulfide) groups is 1. The molecule has 0 fully saturated rings. The van der Waals surface area contributed by atoms with Crippen LogP contribution in [0.2, 0.25) is 0 Å². The maximum absolute atomic E-state index is 11.0. The van der Waals surface area contributed by atoms with Gasteiger partial charge in [-0.2, -0.15) is 0 Å². The van der Waals surface area contributed by atoms with E-state index in [1.165, 1.54) is 11.8 Å². The normalized spacial score (nSPS) is 18.0. The van der Waals surface area contributed by atoms with Gasteiger partial charge >= 0.3 is 5.97 Å². The number of hydrogen-bond acceptors (Lipinski definition) is 7. The molecule has 1 heterocycles. The highest BCUT2D eigenvalue weighted by Gasteiger charge is 2.35. The van der Waals surface area contributed by atoms with Gasteiger partial charge in [-0.1, -0.05) is 44.9 Å². The Morgan fingerprint density at radius 1 is 1.27 bits per heavy atom. The van der Waals surface area contributed by atoms with E-state index in [-0.39, 0.29) is 24.5 Å². The average molecular weight is 491 g/mol. The molecule has 1 atom stereocenters. The van der Waals surface area contributed by atoms with Gasteiger partial charge in [-0.25, -0.2) is 0 Å².